The Balaban J connectivity index is 2.07. The SMILES string of the molecule is COc1ccc(C(C)NC(=O)/C=C/c2cccc(C)c2)cc1N(C)C. The molecule has 1 amide bonds. The lowest BCUT2D eigenvalue weighted by molar-refractivity contribution is -0.117. The van der Waals surface area contributed by atoms with Crippen molar-refractivity contribution in [2.45, 2.75) is 19.9 Å². The fraction of sp³-hybridized carbons (Fsp3) is 0.286. The van der Waals surface area contributed by atoms with Crippen LogP contribution in [0, 0.1) is 6.92 Å². The van der Waals surface area contributed by atoms with Crippen molar-refractivity contribution >= 4 is 17.7 Å². The maximum atomic E-state index is 12.2. The van der Waals surface area contributed by atoms with Gasteiger partial charge in [0.25, 0.3) is 0 Å². The fourth-order valence-corrected chi connectivity index (χ4v) is 2.62. The van der Waals surface area contributed by atoms with Crippen LogP contribution in [-0.4, -0.2) is 27.1 Å². The molecule has 0 heterocycles. The molecular formula is C21H26N2O2. The third kappa shape index (κ3) is 5.11. The summed E-state index contributed by atoms with van der Waals surface area (Å²) in [5, 5.41) is 3.00. The minimum Gasteiger partial charge on any atom is -0.495 e. The number of rotatable bonds is 6. The first-order valence-electron chi connectivity index (χ1n) is 8.31. The molecule has 0 spiro atoms. The summed E-state index contributed by atoms with van der Waals surface area (Å²) >= 11 is 0. The van der Waals surface area contributed by atoms with Gasteiger partial charge in [-0.3, -0.25) is 4.79 Å². The number of nitrogens with one attached hydrogen (secondary N) is 1. The molecule has 4 heteroatoms. The van der Waals surface area contributed by atoms with Crippen LogP contribution in [0.15, 0.2) is 48.5 Å². The maximum Gasteiger partial charge on any atom is 0.244 e. The minimum atomic E-state index is -0.115. The summed E-state index contributed by atoms with van der Waals surface area (Å²) in [6, 6.07) is 13.9. The second-order valence-corrected chi connectivity index (χ2v) is 6.30. The standard InChI is InChI=1S/C21H26N2O2/c1-15-7-6-8-17(13-15)9-12-21(24)22-16(2)18-10-11-20(25-5)19(14-18)23(3)4/h6-14,16H,1-5H3,(H,22,24)/b12-9+. The smallest absolute Gasteiger partial charge is 0.244 e. The summed E-state index contributed by atoms with van der Waals surface area (Å²) in [5.74, 6) is 0.697. The Morgan fingerprint density at radius 1 is 1.20 bits per heavy atom. The Morgan fingerprint density at radius 2 is 1.96 bits per heavy atom. The number of aryl methyl sites for hydroxylation is 1. The number of ether oxygens (including phenoxy) is 1. The van der Waals surface area contributed by atoms with E-state index >= 15 is 0 Å². The van der Waals surface area contributed by atoms with E-state index in [2.05, 4.69) is 5.32 Å². The molecule has 25 heavy (non-hydrogen) atoms. The molecule has 4 nitrogen and oxygen atoms in total. The minimum absolute atomic E-state index is 0.0979. The second-order valence-electron chi connectivity index (χ2n) is 6.30. The molecule has 1 atom stereocenters. The van der Waals surface area contributed by atoms with E-state index in [0.717, 1.165) is 22.6 Å². The van der Waals surface area contributed by atoms with Crippen molar-refractivity contribution in [2.24, 2.45) is 0 Å². The molecule has 0 radical (unpaired) electrons. The summed E-state index contributed by atoms with van der Waals surface area (Å²) < 4.78 is 5.38. The summed E-state index contributed by atoms with van der Waals surface area (Å²) in [6.45, 7) is 4.01. The van der Waals surface area contributed by atoms with Crippen molar-refractivity contribution in [1.82, 2.24) is 5.32 Å². The van der Waals surface area contributed by atoms with E-state index in [1.807, 2.05) is 81.4 Å². The number of methoxy groups -OCH3 is 1. The van der Waals surface area contributed by atoms with Gasteiger partial charge in [0.15, 0.2) is 0 Å². The highest BCUT2D eigenvalue weighted by Gasteiger charge is 2.12. The molecule has 0 aromatic heterocycles. The average Bonchev–Trinajstić information content (AvgIpc) is 2.59. The topological polar surface area (TPSA) is 41.6 Å². The summed E-state index contributed by atoms with van der Waals surface area (Å²) in [5.41, 5.74) is 4.20. The monoisotopic (exact) mass is 338 g/mol. The Bertz CT molecular complexity index is 766. The summed E-state index contributed by atoms with van der Waals surface area (Å²) in [4.78, 5) is 14.2. The number of carbonyl (C=O) groups is 1. The molecule has 0 bridgehead atoms. The lowest BCUT2D eigenvalue weighted by atomic mass is 10.1. The summed E-state index contributed by atoms with van der Waals surface area (Å²) in [6.07, 6.45) is 3.40. The van der Waals surface area contributed by atoms with E-state index in [1.165, 1.54) is 5.56 Å². The van der Waals surface area contributed by atoms with Crippen molar-refractivity contribution < 1.29 is 9.53 Å². The first-order valence-corrected chi connectivity index (χ1v) is 8.31. The van der Waals surface area contributed by atoms with Gasteiger partial charge in [0.1, 0.15) is 5.75 Å². The van der Waals surface area contributed by atoms with Crippen LogP contribution in [0.4, 0.5) is 5.69 Å². The van der Waals surface area contributed by atoms with Crippen LogP contribution in [0.5, 0.6) is 5.75 Å². The van der Waals surface area contributed by atoms with Gasteiger partial charge >= 0.3 is 0 Å². The molecule has 0 aliphatic rings. The number of benzene rings is 2. The Kier molecular flexibility index (Phi) is 6.23. The van der Waals surface area contributed by atoms with Gasteiger partial charge in [-0.15, -0.1) is 0 Å². The molecule has 0 aliphatic carbocycles. The van der Waals surface area contributed by atoms with E-state index in [4.69, 9.17) is 4.74 Å². The molecule has 2 aromatic rings. The van der Waals surface area contributed by atoms with Gasteiger partial charge in [0, 0.05) is 20.2 Å². The number of hydrogen-bond acceptors (Lipinski definition) is 3. The van der Waals surface area contributed by atoms with Crippen molar-refractivity contribution in [3.63, 3.8) is 0 Å². The number of hydrogen-bond donors (Lipinski definition) is 1. The van der Waals surface area contributed by atoms with Crippen LogP contribution in [0.3, 0.4) is 0 Å². The second kappa shape index (κ2) is 8.38. The normalized spacial score (nSPS) is 12.0. The van der Waals surface area contributed by atoms with Gasteiger partial charge in [0.2, 0.25) is 5.91 Å². The lowest BCUT2D eigenvalue weighted by Gasteiger charge is -2.20. The zero-order valence-electron chi connectivity index (χ0n) is 15.5. The highest BCUT2D eigenvalue weighted by Crippen LogP contribution is 2.29. The zero-order chi connectivity index (χ0) is 18.4. The van der Waals surface area contributed by atoms with Crippen molar-refractivity contribution in [3.8, 4) is 5.75 Å². The van der Waals surface area contributed by atoms with E-state index in [-0.39, 0.29) is 11.9 Å². The molecule has 0 aliphatic heterocycles. The van der Waals surface area contributed by atoms with Gasteiger partial charge in [-0.1, -0.05) is 35.9 Å². The molecule has 1 N–H and O–H groups in total. The zero-order valence-corrected chi connectivity index (χ0v) is 15.5. The first-order chi connectivity index (χ1) is 11.9. The molecule has 0 fully saturated rings. The number of carbonyl (C=O) groups excluding carboxylic acids is 1. The van der Waals surface area contributed by atoms with Crippen molar-refractivity contribution in [1.29, 1.82) is 0 Å². The predicted molar refractivity (Wildman–Crippen MR) is 104 cm³/mol. The third-order valence-corrected chi connectivity index (χ3v) is 4.01. The van der Waals surface area contributed by atoms with Gasteiger partial charge in [-0.05, 0) is 43.2 Å². The average molecular weight is 338 g/mol. The van der Waals surface area contributed by atoms with E-state index in [0.29, 0.717) is 0 Å². The lowest BCUT2D eigenvalue weighted by Crippen LogP contribution is -2.25. The van der Waals surface area contributed by atoms with Gasteiger partial charge < -0.3 is 15.0 Å². The molecule has 132 valence electrons. The van der Waals surface area contributed by atoms with Gasteiger partial charge in [-0.2, -0.15) is 0 Å². The van der Waals surface area contributed by atoms with Crippen LogP contribution in [0.1, 0.15) is 29.7 Å². The molecule has 1 unspecified atom stereocenters. The first kappa shape index (κ1) is 18.6. The fourth-order valence-electron chi connectivity index (χ4n) is 2.62. The van der Waals surface area contributed by atoms with Crippen molar-refractivity contribution in [2.75, 3.05) is 26.1 Å². The quantitative estimate of drug-likeness (QED) is 0.811. The number of amides is 1. The Morgan fingerprint density at radius 3 is 2.60 bits per heavy atom. The number of anilines is 1. The van der Waals surface area contributed by atoms with Gasteiger partial charge in [-0.25, -0.2) is 0 Å². The molecule has 0 saturated heterocycles. The van der Waals surface area contributed by atoms with Crippen molar-refractivity contribution in [3.05, 3.63) is 65.2 Å². The highest BCUT2D eigenvalue weighted by atomic mass is 16.5. The predicted octanol–water partition coefficient (Wildman–Crippen LogP) is 3.96. The van der Waals surface area contributed by atoms with E-state index in [9.17, 15) is 4.79 Å². The Labute approximate surface area is 150 Å². The molecule has 2 aromatic carbocycles. The number of nitrogens with zero attached hydrogens (tertiary/aromatic N) is 1. The molecular weight excluding hydrogens is 312 g/mol. The van der Waals surface area contributed by atoms with E-state index in [1.54, 1.807) is 13.2 Å². The van der Waals surface area contributed by atoms with Crippen LogP contribution in [0.25, 0.3) is 6.08 Å². The van der Waals surface area contributed by atoms with Gasteiger partial charge in [0.05, 0.1) is 18.8 Å². The van der Waals surface area contributed by atoms with Crippen LogP contribution < -0.4 is 15.0 Å². The Hall–Kier alpha value is -2.75. The van der Waals surface area contributed by atoms with Crippen LogP contribution in [0.2, 0.25) is 0 Å². The van der Waals surface area contributed by atoms with Crippen LogP contribution in [-0.2, 0) is 4.79 Å². The largest absolute Gasteiger partial charge is 0.495 e. The van der Waals surface area contributed by atoms with E-state index < -0.39 is 0 Å². The molecule has 0 saturated carbocycles. The summed E-state index contributed by atoms with van der Waals surface area (Å²) in [7, 11) is 5.59. The third-order valence-electron chi connectivity index (χ3n) is 4.01. The molecule has 2 rings (SSSR count). The maximum absolute atomic E-state index is 12.2. The van der Waals surface area contributed by atoms with Crippen LogP contribution >= 0.6 is 0 Å². The highest BCUT2D eigenvalue weighted by molar-refractivity contribution is 5.92.